The molecular formula is C26H28FN3O4S. The first-order valence-corrected chi connectivity index (χ1v) is 12.2. The molecule has 1 aromatic heterocycles. The van der Waals surface area contributed by atoms with E-state index >= 15 is 0 Å². The summed E-state index contributed by atoms with van der Waals surface area (Å²) in [5, 5.41) is 5.21. The van der Waals surface area contributed by atoms with Gasteiger partial charge in [0.1, 0.15) is 22.1 Å². The summed E-state index contributed by atoms with van der Waals surface area (Å²) in [6.07, 6.45) is 0. The standard InChI is InChI=1S/C26H28FN3O4S/c1-33-21-8-6-19(7-9-21)22-17-35-25(24(22)26(32)34-2)28-23(31)16-30-12-10-29(11-13-30)15-18-4-3-5-20(27)14-18/h3-9,14,17H,10-13,15-16H2,1-2H3,(H,28,31). The topological polar surface area (TPSA) is 71.1 Å². The number of hydrogen-bond donors (Lipinski definition) is 1. The molecule has 1 N–H and O–H groups in total. The zero-order valence-corrected chi connectivity index (χ0v) is 20.6. The highest BCUT2D eigenvalue weighted by Crippen LogP contribution is 2.36. The number of benzene rings is 2. The molecule has 4 rings (SSSR count). The molecule has 0 aliphatic carbocycles. The van der Waals surface area contributed by atoms with Crippen molar-refractivity contribution in [1.82, 2.24) is 9.80 Å². The SMILES string of the molecule is COC(=O)c1c(-c2ccc(OC)cc2)csc1NC(=O)CN1CCN(Cc2cccc(F)c2)CC1. The van der Waals surface area contributed by atoms with Crippen LogP contribution in [0.25, 0.3) is 11.1 Å². The van der Waals surface area contributed by atoms with Crippen LogP contribution in [-0.2, 0) is 16.1 Å². The number of carbonyl (C=O) groups is 2. The van der Waals surface area contributed by atoms with Crippen molar-refractivity contribution in [2.75, 3.05) is 52.3 Å². The monoisotopic (exact) mass is 497 g/mol. The van der Waals surface area contributed by atoms with Gasteiger partial charge in [0.05, 0.1) is 20.8 Å². The van der Waals surface area contributed by atoms with Crippen molar-refractivity contribution in [2.24, 2.45) is 0 Å². The summed E-state index contributed by atoms with van der Waals surface area (Å²) in [7, 11) is 2.92. The molecule has 0 bridgehead atoms. The summed E-state index contributed by atoms with van der Waals surface area (Å²) >= 11 is 1.30. The predicted molar refractivity (Wildman–Crippen MR) is 134 cm³/mol. The van der Waals surface area contributed by atoms with Crippen LogP contribution in [0.1, 0.15) is 15.9 Å². The zero-order chi connectivity index (χ0) is 24.8. The van der Waals surface area contributed by atoms with E-state index in [1.165, 1.54) is 24.5 Å². The van der Waals surface area contributed by atoms with Crippen molar-refractivity contribution in [2.45, 2.75) is 6.54 Å². The third-order valence-corrected chi connectivity index (χ3v) is 6.86. The third-order valence-electron chi connectivity index (χ3n) is 5.96. The number of nitrogens with zero attached hydrogens (tertiary/aromatic N) is 2. The number of hydrogen-bond acceptors (Lipinski definition) is 7. The van der Waals surface area contributed by atoms with E-state index in [0.717, 1.165) is 37.3 Å². The number of esters is 1. The van der Waals surface area contributed by atoms with Crippen LogP contribution in [0.2, 0.25) is 0 Å². The number of piperazine rings is 1. The van der Waals surface area contributed by atoms with Gasteiger partial charge in [-0.15, -0.1) is 11.3 Å². The van der Waals surface area contributed by atoms with Crippen molar-refractivity contribution in [3.63, 3.8) is 0 Å². The van der Waals surface area contributed by atoms with Crippen LogP contribution in [0.5, 0.6) is 5.75 Å². The maximum Gasteiger partial charge on any atom is 0.341 e. The molecule has 3 aromatic rings. The first kappa shape index (κ1) is 24.8. The van der Waals surface area contributed by atoms with E-state index in [-0.39, 0.29) is 18.3 Å². The maximum absolute atomic E-state index is 13.4. The van der Waals surface area contributed by atoms with Crippen molar-refractivity contribution in [3.8, 4) is 16.9 Å². The molecule has 9 heteroatoms. The summed E-state index contributed by atoms with van der Waals surface area (Å²) in [5.74, 6) is -0.198. The van der Waals surface area contributed by atoms with Gasteiger partial charge in [-0.1, -0.05) is 24.3 Å². The highest BCUT2D eigenvalue weighted by molar-refractivity contribution is 7.15. The van der Waals surface area contributed by atoms with E-state index in [0.29, 0.717) is 28.4 Å². The Morgan fingerprint density at radius 1 is 1.03 bits per heavy atom. The quantitative estimate of drug-likeness (QED) is 0.473. The summed E-state index contributed by atoms with van der Waals surface area (Å²) in [6.45, 7) is 3.95. The number of amides is 1. The third kappa shape index (κ3) is 6.25. The fourth-order valence-electron chi connectivity index (χ4n) is 4.11. The number of halogens is 1. The van der Waals surface area contributed by atoms with Crippen LogP contribution in [0.4, 0.5) is 9.39 Å². The molecule has 7 nitrogen and oxygen atoms in total. The second kappa shape index (κ2) is 11.4. The van der Waals surface area contributed by atoms with Crippen molar-refractivity contribution in [1.29, 1.82) is 0 Å². The fraction of sp³-hybridized carbons (Fsp3) is 0.308. The van der Waals surface area contributed by atoms with E-state index in [1.54, 1.807) is 19.2 Å². The lowest BCUT2D eigenvalue weighted by Gasteiger charge is -2.34. The minimum Gasteiger partial charge on any atom is -0.497 e. The number of thiophene rings is 1. The van der Waals surface area contributed by atoms with E-state index < -0.39 is 5.97 Å². The summed E-state index contributed by atoms with van der Waals surface area (Å²) in [4.78, 5) is 29.7. The molecule has 184 valence electrons. The number of nitrogens with one attached hydrogen (secondary N) is 1. The Morgan fingerprint density at radius 2 is 1.74 bits per heavy atom. The lowest BCUT2D eigenvalue weighted by atomic mass is 10.0. The normalized spacial score (nSPS) is 14.5. The second-order valence-corrected chi connectivity index (χ2v) is 9.18. The molecule has 0 saturated carbocycles. The van der Waals surface area contributed by atoms with E-state index in [4.69, 9.17) is 9.47 Å². The lowest BCUT2D eigenvalue weighted by molar-refractivity contribution is -0.117. The molecule has 0 spiro atoms. The van der Waals surface area contributed by atoms with Gasteiger partial charge in [0.15, 0.2) is 0 Å². The number of carbonyl (C=O) groups excluding carboxylic acids is 2. The van der Waals surface area contributed by atoms with Gasteiger partial charge in [-0.05, 0) is 35.4 Å². The van der Waals surface area contributed by atoms with Crippen LogP contribution in [0.15, 0.2) is 53.9 Å². The molecule has 0 unspecified atom stereocenters. The first-order valence-electron chi connectivity index (χ1n) is 11.3. The van der Waals surface area contributed by atoms with E-state index in [9.17, 15) is 14.0 Å². The van der Waals surface area contributed by atoms with Crippen molar-refractivity contribution >= 4 is 28.2 Å². The molecule has 1 aliphatic rings. The average molecular weight is 498 g/mol. The summed E-state index contributed by atoms with van der Waals surface area (Å²) in [5.41, 5.74) is 2.82. The predicted octanol–water partition coefficient (Wildman–Crippen LogP) is 4.11. The van der Waals surface area contributed by atoms with Crippen LogP contribution in [0.3, 0.4) is 0 Å². The second-order valence-electron chi connectivity index (χ2n) is 8.30. The Morgan fingerprint density at radius 3 is 2.40 bits per heavy atom. The Hall–Kier alpha value is -3.27. The van der Waals surface area contributed by atoms with Gasteiger partial charge in [-0.3, -0.25) is 14.6 Å². The molecule has 1 amide bonds. The highest BCUT2D eigenvalue weighted by atomic mass is 32.1. The molecule has 0 atom stereocenters. The highest BCUT2D eigenvalue weighted by Gasteiger charge is 2.24. The Balaban J connectivity index is 1.36. The summed E-state index contributed by atoms with van der Waals surface area (Å²) < 4.78 is 23.6. The van der Waals surface area contributed by atoms with Gasteiger partial charge in [-0.2, -0.15) is 0 Å². The maximum atomic E-state index is 13.4. The van der Waals surface area contributed by atoms with Gasteiger partial charge >= 0.3 is 5.97 Å². The van der Waals surface area contributed by atoms with Gasteiger partial charge in [-0.25, -0.2) is 9.18 Å². The molecule has 2 aromatic carbocycles. The van der Waals surface area contributed by atoms with Crippen LogP contribution in [0, 0.1) is 5.82 Å². The lowest BCUT2D eigenvalue weighted by Crippen LogP contribution is -2.48. The van der Waals surface area contributed by atoms with Crippen molar-refractivity contribution < 1.29 is 23.5 Å². The molecule has 1 aliphatic heterocycles. The first-order chi connectivity index (χ1) is 17.0. The van der Waals surface area contributed by atoms with E-state index in [2.05, 4.69) is 15.1 Å². The molecule has 1 saturated heterocycles. The number of rotatable bonds is 8. The average Bonchev–Trinajstić information content (AvgIpc) is 3.28. The van der Waals surface area contributed by atoms with E-state index in [1.807, 2.05) is 35.7 Å². The smallest absolute Gasteiger partial charge is 0.341 e. The van der Waals surface area contributed by atoms with Gasteiger partial charge in [0, 0.05) is 43.7 Å². The fourth-order valence-corrected chi connectivity index (χ4v) is 5.08. The van der Waals surface area contributed by atoms with Gasteiger partial charge in [0.2, 0.25) is 5.91 Å². The number of anilines is 1. The molecule has 2 heterocycles. The van der Waals surface area contributed by atoms with Gasteiger partial charge in [0.25, 0.3) is 0 Å². The van der Waals surface area contributed by atoms with Crippen LogP contribution < -0.4 is 10.1 Å². The molecular weight excluding hydrogens is 469 g/mol. The molecule has 35 heavy (non-hydrogen) atoms. The van der Waals surface area contributed by atoms with Crippen molar-refractivity contribution in [3.05, 3.63) is 70.9 Å². The summed E-state index contributed by atoms with van der Waals surface area (Å²) in [6, 6.07) is 14.0. The van der Waals surface area contributed by atoms with Crippen LogP contribution in [-0.4, -0.2) is 68.6 Å². The largest absolute Gasteiger partial charge is 0.497 e. The number of ether oxygens (including phenoxy) is 2. The Bertz CT molecular complexity index is 1170. The zero-order valence-electron chi connectivity index (χ0n) is 19.8. The minimum absolute atomic E-state index is 0.183. The number of methoxy groups -OCH3 is 2. The Labute approximate surface area is 208 Å². The van der Waals surface area contributed by atoms with Crippen LogP contribution >= 0.6 is 11.3 Å². The minimum atomic E-state index is -0.502. The van der Waals surface area contributed by atoms with Gasteiger partial charge < -0.3 is 14.8 Å². The Kier molecular flexibility index (Phi) is 8.12. The molecule has 0 radical (unpaired) electrons. The molecule has 1 fully saturated rings.